The number of likely N-dealkylation sites (tertiary alicyclic amines) is 1. The Morgan fingerprint density at radius 3 is 2.71 bits per heavy atom. The zero-order chi connectivity index (χ0) is 12.1. The minimum Gasteiger partial charge on any atom is -0.300 e. The fourth-order valence-electron chi connectivity index (χ4n) is 2.09. The second-order valence-corrected chi connectivity index (χ2v) is 4.23. The highest BCUT2D eigenvalue weighted by Crippen LogP contribution is 2.19. The quantitative estimate of drug-likeness (QED) is 0.592. The molecule has 0 saturated carbocycles. The van der Waals surface area contributed by atoms with E-state index in [1.54, 1.807) is 12.1 Å². The summed E-state index contributed by atoms with van der Waals surface area (Å²) < 4.78 is 0. The van der Waals surface area contributed by atoms with Crippen molar-refractivity contribution in [1.82, 2.24) is 4.90 Å². The van der Waals surface area contributed by atoms with Gasteiger partial charge < -0.3 is 0 Å². The summed E-state index contributed by atoms with van der Waals surface area (Å²) in [5.41, 5.74) is 0.849. The molecule has 1 aromatic carbocycles. The molecule has 4 heteroatoms. The van der Waals surface area contributed by atoms with E-state index in [9.17, 15) is 10.1 Å². The number of nitro benzene ring substituents is 1. The van der Waals surface area contributed by atoms with Gasteiger partial charge in [0.1, 0.15) is 0 Å². The minimum absolute atomic E-state index is 0.171. The number of hydrogen-bond donors (Lipinski definition) is 0. The van der Waals surface area contributed by atoms with Crippen molar-refractivity contribution in [1.29, 1.82) is 0 Å². The fourth-order valence-corrected chi connectivity index (χ4v) is 2.09. The van der Waals surface area contributed by atoms with Gasteiger partial charge in [-0.1, -0.05) is 24.3 Å². The molecule has 1 aromatic rings. The molecule has 0 unspecified atom stereocenters. The Bertz CT molecular complexity index is 423. The summed E-state index contributed by atoms with van der Waals surface area (Å²) >= 11 is 0. The van der Waals surface area contributed by atoms with Gasteiger partial charge in [0, 0.05) is 12.6 Å². The van der Waals surface area contributed by atoms with E-state index in [0.29, 0.717) is 5.56 Å². The number of rotatable bonds is 4. The average molecular weight is 232 g/mol. The van der Waals surface area contributed by atoms with Crippen molar-refractivity contribution in [2.24, 2.45) is 0 Å². The first-order chi connectivity index (χ1) is 8.27. The topological polar surface area (TPSA) is 46.4 Å². The Balaban J connectivity index is 2.02. The van der Waals surface area contributed by atoms with Crippen LogP contribution in [0.3, 0.4) is 0 Å². The highest BCUT2D eigenvalue weighted by Gasteiger charge is 2.11. The van der Waals surface area contributed by atoms with Gasteiger partial charge >= 0.3 is 0 Å². The summed E-state index contributed by atoms with van der Waals surface area (Å²) in [6.07, 6.45) is 6.38. The lowest BCUT2D eigenvalue weighted by molar-refractivity contribution is -0.385. The van der Waals surface area contributed by atoms with E-state index in [1.165, 1.54) is 18.9 Å². The van der Waals surface area contributed by atoms with Crippen LogP contribution < -0.4 is 0 Å². The minimum atomic E-state index is -0.338. The lowest BCUT2D eigenvalue weighted by Crippen LogP contribution is -2.18. The van der Waals surface area contributed by atoms with Crippen LogP contribution in [0.5, 0.6) is 0 Å². The maximum absolute atomic E-state index is 10.8. The monoisotopic (exact) mass is 232 g/mol. The number of nitro groups is 1. The molecule has 0 N–H and O–H groups in total. The van der Waals surface area contributed by atoms with Gasteiger partial charge in [0.25, 0.3) is 5.69 Å². The average Bonchev–Trinajstić information content (AvgIpc) is 2.82. The van der Waals surface area contributed by atoms with Crippen LogP contribution in [-0.2, 0) is 0 Å². The van der Waals surface area contributed by atoms with Gasteiger partial charge in [-0.15, -0.1) is 0 Å². The molecule has 0 aliphatic carbocycles. The smallest absolute Gasteiger partial charge is 0.276 e. The number of benzene rings is 1. The first-order valence-corrected chi connectivity index (χ1v) is 5.90. The standard InChI is InChI=1S/C13H16N2O2/c16-15(17)13-8-2-1-6-12(13)7-5-11-14-9-3-4-10-14/h1-2,5-8H,3-4,9-11H2. The van der Waals surface area contributed by atoms with Gasteiger partial charge in [-0.25, -0.2) is 0 Å². The predicted octanol–water partition coefficient (Wildman–Crippen LogP) is 2.70. The molecule has 1 aliphatic rings. The third-order valence-corrected chi connectivity index (χ3v) is 2.99. The van der Waals surface area contributed by atoms with Crippen molar-refractivity contribution in [2.75, 3.05) is 19.6 Å². The second kappa shape index (κ2) is 5.59. The molecule has 17 heavy (non-hydrogen) atoms. The van der Waals surface area contributed by atoms with Crippen molar-refractivity contribution in [3.05, 3.63) is 46.0 Å². The van der Waals surface area contributed by atoms with Crippen molar-refractivity contribution in [2.45, 2.75) is 12.8 Å². The zero-order valence-electron chi connectivity index (χ0n) is 9.71. The zero-order valence-corrected chi connectivity index (χ0v) is 9.71. The molecule has 2 rings (SSSR count). The molecule has 0 aromatic heterocycles. The van der Waals surface area contributed by atoms with Crippen molar-refractivity contribution < 1.29 is 4.92 Å². The summed E-state index contributed by atoms with van der Waals surface area (Å²) in [4.78, 5) is 12.8. The fraction of sp³-hybridized carbons (Fsp3) is 0.385. The van der Waals surface area contributed by atoms with Crippen LogP contribution in [-0.4, -0.2) is 29.5 Å². The summed E-state index contributed by atoms with van der Waals surface area (Å²) in [7, 11) is 0. The first kappa shape index (κ1) is 11.8. The molecule has 1 saturated heterocycles. The molecule has 0 amide bonds. The van der Waals surface area contributed by atoms with E-state index in [0.717, 1.165) is 19.6 Å². The summed E-state index contributed by atoms with van der Waals surface area (Å²) in [6, 6.07) is 6.83. The van der Waals surface area contributed by atoms with Gasteiger partial charge in [0.2, 0.25) is 0 Å². The van der Waals surface area contributed by atoms with Gasteiger partial charge in [-0.2, -0.15) is 0 Å². The van der Waals surface area contributed by atoms with Crippen LogP contribution in [0.1, 0.15) is 18.4 Å². The lowest BCUT2D eigenvalue weighted by atomic mass is 10.1. The van der Waals surface area contributed by atoms with E-state index < -0.39 is 0 Å². The maximum atomic E-state index is 10.8. The van der Waals surface area contributed by atoms with Crippen LogP contribution in [0, 0.1) is 10.1 Å². The highest BCUT2D eigenvalue weighted by molar-refractivity contribution is 5.60. The molecular formula is C13H16N2O2. The molecule has 0 radical (unpaired) electrons. The Labute approximate surface area is 101 Å². The molecule has 0 atom stereocenters. The third-order valence-electron chi connectivity index (χ3n) is 2.99. The van der Waals surface area contributed by atoms with Gasteiger partial charge in [-0.05, 0) is 32.0 Å². The van der Waals surface area contributed by atoms with Crippen LogP contribution >= 0.6 is 0 Å². The molecule has 4 nitrogen and oxygen atoms in total. The van der Waals surface area contributed by atoms with Crippen LogP contribution in [0.25, 0.3) is 6.08 Å². The van der Waals surface area contributed by atoms with E-state index in [1.807, 2.05) is 18.2 Å². The Kier molecular flexibility index (Phi) is 3.88. The first-order valence-electron chi connectivity index (χ1n) is 5.90. The molecule has 1 fully saturated rings. The SMILES string of the molecule is O=[N+]([O-])c1ccccc1C=CCN1CCCC1. The van der Waals surface area contributed by atoms with Crippen molar-refractivity contribution in [3.8, 4) is 0 Å². The molecule has 0 spiro atoms. The Morgan fingerprint density at radius 2 is 2.00 bits per heavy atom. The molecule has 1 aliphatic heterocycles. The summed E-state index contributed by atoms with van der Waals surface area (Å²) in [5.74, 6) is 0. The van der Waals surface area contributed by atoms with Crippen molar-refractivity contribution >= 4 is 11.8 Å². The Morgan fingerprint density at radius 1 is 1.29 bits per heavy atom. The lowest BCUT2D eigenvalue weighted by Gasteiger charge is -2.10. The van der Waals surface area contributed by atoms with Crippen LogP contribution in [0.15, 0.2) is 30.3 Å². The van der Waals surface area contributed by atoms with Gasteiger partial charge in [0.15, 0.2) is 0 Å². The van der Waals surface area contributed by atoms with E-state index in [4.69, 9.17) is 0 Å². The normalized spacial score (nSPS) is 16.7. The summed E-state index contributed by atoms with van der Waals surface area (Å²) in [6.45, 7) is 3.16. The predicted molar refractivity (Wildman–Crippen MR) is 67.8 cm³/mol. The number of nitrogens with zero attached hydrogens (tertiary/aromatic N) is 2. The number of hydrogen-bond acceptors (Lipinski definition) is 3. The van der Waals surface area contributed by atoms with E-state index in [-0.39, 0.29) is 10.6 Å². The maximum Gasteiger partial charge on any atom is 0.276 e. The number of para-hydroxylation sites is 1. The molecular weight excluding hydrogens is 216 g/mol. The highest BCUT2D eigenvalue weighted by atomic mass is 16.6. The van der Waals surface area contributed by atoms with Gasteiger partial charge in [-0.3, -0.25) is 15.0 Å². The molecule has 0 bridgehead atoms. The van der Waals surface area contributed by atoms with Crippen LogP contribution in [0.4, 0.5) is 5.69 Å². The van der Waals surface area contributed by atoms with Crippen LogP contribution in [0.2, 0.25) is 0 Å². The third kappa shape index (κ3) is 3.14. The Hall–Kier alpha value is -1.68. The second-order valence-electron chi connectivity index (χ2n) is 4.23. The van der Waals surface area contributed by atoms with Gasteiger partial charge in [0.05, 0.1) is 10.5 Å². The largest absolute Gasteiger partial charge is 0.300 e. The molecule has 1 heterocycles. The van der Waals surface area contributed by atoms with E-state index in [2.05, 4.69) is 4.90 Å². The van der Waals surface area contributed by atoms with E-state index >= 15 is 0 Å². The van der Waals surface area contributed by atoms with Crippen molar-refractivity contribution in [3.63, 3.8) is 0 Å². The summed E-state index contributed by atoms with van der Waals surface area (Å²) in [5, 5.41) is 10.8. The molecule has 90 valence electrons.